The van der Waals surface area contributed by atoms with E-state index in [2.05, 4.69) is 20.5 Å². The summed E-state index contributed by atoms with van der Waals surface area (Å²) in [7, 11) is 0. The molecule has 2 rings (SSSR count). The molecule has 15 heavy (non-hydrogen) atoms. The highest BCUT2D eigenvalue weighted by molar-refractivity contribution is 5.61. The van der Waals surface area contributed by atoms with Gasteiger partial charge in [-0.2, -0.15) is 0 Å². The Morgan fingerprint density at radius 2 is 2.20 bits per heavy atom. The van der Waals surface area contributed by atoms with Crippen LogP contribution in [0.15, 0.2) is 18.7 Å². The van der Waals surface area contributed by atoms with Gasteiger partial charge in [-0.15, -0.1) is 10.2 Å². The van der Waals surface area contributed by atoms with Gasteiger partial charge in [0.2, 0.25) is 5.65 Å². The third kappa shape index (κ3) is 1.88. The zero-order valence-electron chi connectivity index (χ0n) is 7.91. The van der Waals surface area contributed by atoms with E-state index >= 15 is 0 Å². The lowest BCUT2D eigenvalue weighted by Crippen LogP contribution is -2.28. The SMILES string of the molecule is OCC(CO)Nc1nccn2cnnc12. The van der Waals surface area contributed by atoms with Gasteiger partial charge < -0.3 is 15.5 Å². The van der Waals surface area contributed by atoms with Gasteiger partial charge in [0.15, 0.2) is 5.82 Å². The average molecular weight is 209 g/mol. The van der Waals surface area contributed by atoms with E-state index in [0.717, 1.165) is 0 Å². The number of hydrogen-bond acceptors (Lipinski definition) is 6. The van der Waals surface area contributed by atoms with Crippen molar-refractivity contribution in [2.45, 2.75) is 6.04 Å². The third-order valence-electron chi connectivity index (χ3n) is 2.00. The molecule has 0 aromatic carbocycles. The summed E-state index contributed by atoms with van der Waals surface area (Å²) in [5.41, 5.74) is 0.560. The Bertz CT molecular complexity index is 439. The highest BCUT2D eigenvalue weighted by atomic mass is 16.3. The summed E-state index contributed by atoms with van der Waals surface area (Å²) in [6.45, 7) is -0.346. The summed E-state index contributed by atoms with van der Waals surface area (Å²) < 4.78 is 1.70. The zero-order valence-corrected chi connectivity index (χ0v) is 7.91. The summed E-state index contributed by atoms with van der Waals surface area (Å²) in [5, 5.41) is 28.3. The molecule has 0 radical (unpaired) electrons. The normalized spacial score (nSPS) is 11.1. The Kier molecular flexibility index (Phi) is 2.75. The minimum Gasteiger partial charge on any atom is -0.394 e. The van der Waals surface area contributed by atoms with E-state index in [1.807, 2.05) is 0 Å². The first kappa shape index (κ1) is 9.81. The van der Waals surface area contributed by atoms with Crippen LogP contribution >= 0.6 is 0 Å². The van der Waals surface area contributed by atoms with Crippen molar-refractivity contribution in [1.82, 2.24) is 19.6 Å². The topological polar surface area (TPSA) is 95.6 Å². The maximum absolute atomic E-state index is 8.92. The highest BCUT2D eigenvalue weighted by Crippen LogP contribution is 2.10. The minimum atomic E-state index is -0.444. The van der Waals surface area contributed by atoms with Gasteiger partial charge >= 0.3 is 0 Å². The summed E-state index contributed by atoms with van der Waals surface area (Å²) in [5.74, 6) is 0.489. The quantitative estimate of drug-likeness (QED) is 0.591. The number of rotatable bonds is 4. The molecule has 2 aromatic rings. The number of nitrogens with one attached hydrogen (secondary N) is 1. The standard InChI is InChI=1S/C8H11N5O2/c14-3-6(4-15)11-7-8-12-10-5-13(8)2-1-9-7/h1-2,5-6,14-15H,3-4H2,(H,9,11). The molecule has 3 N–H and O–H groups in total. The Labute approximate surface area is 85.4 Å². The van der Waals surface area contributed by atoms with Crippen molar-refractivity contribution in [2.75, 3.05) is 18.5 Å². The second kappa shape index (κ2) is 4.20. The van der Waals surface area contributed by atoms with Crippen LogP contribution in [0.4, 0.5) is 5.82 Å². The van der Waals surface area contributed by atoms with Crippen LogP contribution in [0.1, 0.15) is 0 Å². The van der Waals surface area contributed by atoms with Crippen LogP contribution in [0, 0.1) is 0 Å². The molecular weight excluding hydrogens is 198 g/mol. The van der Waals surface area contributed by atoms with E-state index in [9.17, 15) is 0 Å². The van der Waals surface area contributed by atoms with Gasteiger partial charge in [0.05, 0.1) is 19.3 Å². The zero-order chi connectivity index (χ0) is 10.7. The van der Waals surface area contributed by atoms with E-state index in [-0.39, 0.29) is 13.2 Å². The molecule has 0 atom stereocenters. The van der Waals surface area contributed by atoms with Crippen LogP contribution in [-0.4, -0.2) is 49.1 Å². The Balaban J connectivity index is 2.30. The fourth-order valence-corrected chi connectivity index (χ4v) is 1.20. The fourth-order valence-electron chi connectivity index (χ4n) is 1.20. The predicted octanol–water partition coefficient (Wildman–Crippen LogP) is -1.11. The molecule has 0 amide bonds. The maximum Gasteiger partial charge on any atom is 0.203 e. The minimum absolute atomic E-state index is 0.173. The van der Waals surface area contributed by atoms with E-state index in [0.29, 0.717) is 11.5 Å². The van der Waals surface area contributed by atoms with Gasteiger partial charge in [0.1, 0.15) is 6.33 Å². The Morgan fingerprint density at radius 1 is 1.40 bits per heavy atom. The molecule has 0 bridgehead atoms. The summed E-state index contributed by atoms with van der Waals surface area (Å²) in [6.07, 6.45) is 4.85. The monoisotopic (exact) mass is 209 g/mol. The van der Waals surface area contributed by atoms with E-state index in [4.69, 9.17) is 10.2 Å². The van der Waals surface area contributed by atoms with Crippen molar-refractivity contribution in [3.8, 4) is 0 Å². The average Bonchev–Trinajstić information content (AvgIpc) is 2.74. The van der Waals surface area contributed by atoms with Crippen molar-refractivity contribution in [2.24, 2.45) is 0 Å². The molecule has 7 heteroatoms. The van der Waals surface area contributed by atoms with Crippen LogP contribution in [-0.2, 0) is 0 Å². The van der Waals surface area contributed by atoms with Gasteiger partial charge in [-0.3, -0.25) is 4.40 Å². The number of nitrogens with zero attached hydrogens (tertiary/aromatic N) is 4. The van der Waals surface area contributed by atoms with Crippen molar-refractivity contribution in [1.29, 1.82) is 0 Å². The van der Waals surface area contributed by atoms with Gasteiger partial charge in [0.25, 0.3) is 0 Å². The number of hydrogen-bond donors (Lipinski definition) is 3. The highest BCUT2D eigenvalue weighted by Gasteiger charge is 2.10. The molecule has 0 aliphatic heterocycles. The summed E-state index contributed by atoms with van der Waals surface area (Å²) in [4.78, 5) is 4.06. The summed E-state index contributed by atoms with van der Waals surface area (Å²) >= 11 is 0. The van der Waals surface area contributed by atoms with Gasteiger partial charge in [0, 0.05) is 12.4 Å². The molecule has 2 aromatic heterocycles. The van der Waals surface area contributed by atoms with E-state index < -0.39 is 6.04 Å². The molecule has 0 saturated carbocycles. The second-order valence-corrected chi connectivity index (χ2v) is 3.04. The first-order valence-electron chi connectivity index (χ1n) is 4.47. The van der Waals surface area contributed by atoms with Crippen LogP contribution in [0.25, 0.3) is 5.65 Å². The molecule has 0 spiro atoms. The largest absolute Gasteiger partial charge is 0.394 e. The first-order chi connectivity index (χ1) is 7.35. The predicted molar refractivity (Wildman–Crippen MR) is 52.4 cm³/mol. The van der Waals surface area contributed by atoms with Crippen LogP contribution in [0.3, 0.4) is 0 Å². The molecule has 7 nitrogen and oxygen atoms in total. The number of anilines is 1. The van der Waals surface area contributed by atoms with Crippen LogP contribution < -0.4 is 5.32 Å². The van der Waals surface area contributed by atoms with Crippen molar-refractivity contribution < 1.29 is 10.2 Å². The number of aliphatic hydroxyl groups is 2. The van der Waals surface area contributed by atoms with Gasteiger partial charge in [-0.05, 0) is 0 Å². The van der Waals surface area contributed by atoms with Crippen molar-refractivity contribution in [3.63, 3.8) is 0 Å². The summed E-state index contributed by atoms with van der Waals surface area (Å²) in [6, 6.07) is -0.444. The number of aromatic nitrogens is 4. The number of fused-ring (bicyclic) bond motifs is 1. The van der Waals surface area contributed by atoms with Crippen molar-refractivity contribution >= 4 is 11.5 Å². The molecule has 2 heterocycles. The van der Waals surface area contributed by atoms with Crippen LogP contribution in [0.2, 0.25) is 0 Å². The van der Waals surface area contributed by atoms with E-state index in [1.54, 1.807) is 23.1 Å². The van der Waals surface area contributed by atoms with Crippen LogP contribution in [0.5, 0.6) is 0 Å². The first-order valence-corrected chi connectivity index (χ1v) is 4.47. The lowest BCUT2D eigenvalue weighted by molar-refractivity contribution is 0.203. The van der Waals surface area contributed by atoms with E-state index in [1.165, 1.54) is 0 Å². The fraction of sp³-hybridized carbons (Fsp3) is 0.375. The lowest BCUT2D eigenvalue weighted by atomic mass is 10.3. The number of aliphatic hydroxyl groups excluding tert-OH is 2. The second-order valence-electron chi connectivity index (χ2n) is 3.04. The molecule has 80 valence electrons. The van der Waals surface area contributed by atoms with Gasteiger partial charge in [-0.1, -0.05) is 0 Å². The van der Waals surface area contributed by atoms with Crippen molar-refractivity contribution in [3.05, 3.63) is 18.7 Å². The molecular formula is C8H11N5O2. The Morgan fingerprint density at radius 3 is 2.93 bits per heavy atom. The molecule has 0 unspecified atom stereocenters. The third-order valence-corrected chi connectivity index (χ3v) is 2.00. The lowest BCUT2D eigenvalue weighted by Gasteiger charge is -2.13. The molecule has 0 aliphatic rings. The van der Waals surface area contributed by atoms with Gasteiger partial charge in [-0.25, -0.2) is 4.98 Å². The molecule has 0 aliphatic carbocycles. The molecule has 0 saturated heterocycles. The smallest absolute Gasteiger partial charge is 0.203 e. The maximum atomic E-state index is 8.92. The Hall–Kier alpha value is -1.73. The molecule has 0 fully saturated rings.